The van der Waals surface area contributed by atoms with Gasteiger partial charge in [-0.15, -0.1) is 11.3 Å². The van der Waals surface area contributed by atoms with Crippen LogP contribution in [0.5, 0.6) is 0 Å². The minimum Gasteiger partial charge on any atom is -0.433 e. The maximum absolute atomic E-state index is 5.90. The molecule has 0 amide bonds. The Balaban J connectivity index is 2.22. The summed E-state index contributed by atoms with van der Waals surface area (Å²) in [6.07, 6.45) is 0. The minimum absolute atomic E-state index is 0.575. The van der Waals surface area contributed by atoms with E-state index in [0.29, 0.717) is 17.2 Å². The maximum atomic E-state index is 5.90. The first-order chi connectivity index (χ1) is 8.54. The van der Waals surface area contributed by atoms with Crippen molar-refractivity contribution in [3.05, 3.63) is 30.9 Å². The van der Waals surface area contributed by atoms with Crippen molar-refractivity contribution >= 4 is 75.9 Å². The SMILES string of the molecule is Nc1cc(Br)cc2nc(-c3cc(Br)c(Br)s3)oc12. The molecule has 92 valence electrons. The molecule has 3 aromatic rings. The van der Waals surface area contributed by atoms with Crippen molar-refractivity contribution in [1.29, 1.82) is 0 Å². The number of oxazole rings is 1. The average Bonchev–Trinajstić information content (AvgIpc) is 2.84. The lowest BCUT2D eigenvalue weighted by molar-refractivity contribution is 0.623. The Bertz CT molecular complexity index is 731. The van der Waals surface area contributed by atoms with Gasteiger partial charge in [-0.1, -0.05) is 15.9 Å². The molecule has 0 aliphatic carbocycles. The Kier molecular flexibility index (Phi) is 3.25. The molecule has 0 spiro atoms. The zero-order chi connectivity index (χ0) is 12.9. The second-order valence-corrected chi connectivity index (χ2v) is 7.73. The molecular weight excluding hydrogens is 448 g/mol. The molecule has 0 aliphatic heterocycles. The van der Waals surface area contributed by atoms with Crippen molar-refractivity contribution in [2.75, 3.05) is 5.73 Å². The van der Waals surface area contributed by atoms with Crippen LogP contribution in [0, 0.1) is 0 Å². The van der Waals surface area contributed by atoms with E-state index in [1.165, 1.54) is 0 Å². The van der Waals surface area contributed by atoms with Crippen LogP contribution in [-0.4, -0.2) is 4.98 Å². The molecule has 3 rings (SSSR count). The number of rotatable bonds is 1. The van der Waals surface area contributed by atoms with Crippen LogP contribution in [0.4, 0.5) is 5.69 Å². The Morgan fingerprint density at radius 2 is 1.94 bits per heavy atom. The number of hydrogen-bond acceptors (Lipinski definition) is 4. The number of hydrogen-bond donors (Lipinski definition) is 1. The first-order valence-electron chi connectivity index (χ1n) is 4.85. The standard InChI is InChI=1S/C11H5Br3N2OS/c12-4-1-6(15)9-7(2-4)16-11(17-9)8-3-5(13)10(14)18-8/h1-3H,15H2. The predicted octanol–water partition coefficient (Wildman–Crippen LogP) is 5.43. The molecule has 0 saturated carbocycles. The van der Waals surface area contributed by atoms with Gasteiger partial charge in [0.1, 0.15) is 5.52 Å². The second-order valence-electron chi connectivity index (χ2n) is 3.59. The van der Waals surface area contributed by atoms with Gasteiger partial charge >= 0.3 is 0 Å². The van der Waals surface area contributed by atoms with E-state index >= 15 is 0 Å². The van der Waals surface area contributed by atoms with Crippen molar-refractivity contribution in [2.24, 2.45) is 0 Å². The van der Waals surface area contributed by atoms with Crippen LogP contribution in [0.3, 0.4) is 0 Å². The van der Waals surface area contributed by atoms with Crippen molar-refractivity contribution in [2.45, 2.75) is 0 Å². The van der Waals surface area contributed by atoms with Crippen LogP contribution in [0.1, 0.15) is 0 Å². The number of aromatic nitrogens is 1. The Labute approximate surface area is 132 Å². The molecule has 7 heteroatoms. The summed E-state index contributed by atoms with van der Waals surface area (Å²) >= 11 is 11.8. The van der Waals surface area contributed by atoms with Gasteiger partial charge in [-0.3, -0.25) is 0 Å². The third-order valence-electron chi connectivity index (χ3n) is 2.34. The van der Waals surface area contributed by atoms with E-state index in [4.69, 9.17) is 10.2 Å². The molecule has 0 unspecified atom stereocenters. The topological polar surface area (TPSA) is 52.0 Å². The highest BCUT2D eigenvalue weighted by Crippen LogP contribution is 2.39. The number of thiophene rings is 1. The summed E-state index contributed by atoms with van der Waals surface area (Å²) in [7, 11) is 0. The van der Waals surface area contributed by atoms with E-state index in [1.807, 2.05) is 12.1 Å². The molecule has 0 fully saturated rings. The number of nitrogens with zero attached hydrogens (tertiary/aromatic N) is 1. The molecule has 0 aliphatic rings. The van der Waals surface area contributed by atoms with Crippen molar-refractivity contribution in [3.63, 3.8) is 0 Å². The quantitative estimate of drug-likeness (QED) is 0.501. The fourth-order valence-corrected chi connectivity index (χ4v) is 4.01. The molecule has 18 heavy (non-hydrogen) atoms. The highest BCUT2D eigenvalue weighted by Gasteiger charge is 2.14. The molecule has 2 aromatic heterocycles. The zero-order valence-electron chi connectivity index (χ0n) is 8.71. The molecule has 2 N–H and O–H groups in total. The van der Waals surface area contributed by atoms with Crippen molar-refractivity contribution in [3.8, 4) is 10.8 Å². The number of halogens is 3. The van der Waals surface area contributed by atoms with E-state index in [9.17, 15) is 0 Å². The zero-order valence-corrected chi connectivity index (χ0v) is 14.3. The van der Waals surface area contributed by atoms with Gasteiger partial charge in [0, 0.05) is 8.95 Å². The molecule has 2 heterocycles. The summed E-state index contributed by atoms with van der Waals surface area (Å²) in [4.78, 5) is 5.40. The Morgan fingerprint density at radius 3 is 2.61 bits per heavy atom. The van der Waals surface area contributed by atoms with Gasteiger partial charge < -0.3 is 10.2 Å². The first-order valence-corrected chi connectivity index (χ1v) is 8.05. The van der Waals surface area contributed by atoms with Gasteiger partial charge in [-0.25, -0.2) is 4.98 Å². The molecule has 0 atom stereocenters. The Hall–Kier alpha value is -0.370. The maximum Gasteiger partial charge on any atom is 0.237 e. The molecule has 0 bridgehead atoms. The van der Waals surface area contributed by atoms with Gasteiger partial charge in [0.15, 0.2) is 5.58 Å². The predicted molar refractivity (Wildman–Crippen MR) is 84.8 cm³/mol. The summed E-state index contributed by atoms with van der Waals surface area (Å²) in [6, 6.07) is 5.65. The molecule has 3 nitrogen and oxygen atoms in total. The van der Waals surface area contributed by atoms with Gasteiger partial charge in [0.25, 0.3) is 0 Å². The fraction of sp³-hybridized carbons (Fsp3) is 0. The third-order valence-corrected chi connectivity index (χ3v) is 6.04. The van der Waals surface area contributed by atoms with Crippen LogP contribution >= 0.6 is 59.1 Å². The van der Waals surface area contributed by atoms with Crippen LogP contribution in [-0.2, 0) is 0 Å². The average molecular weight is 453 g/mol. The van der Waals surface area contributed by atoms with Gasteiger partial charge in [-0.2, -0.15) is 0 Å². The molecule has 0 saturated heterocycles. The molecule has 1 aromatic carbocycles. The van der Waals surface area contributed by atoms with E-state index in [0.717, 1.165) is 23.1 Å². The summed E-state index contributed by atoms with van der Waals surface area (Å²) in [5, 5.41) is 0. The normalized spacial score (nSPS) is 11.3. The summed E-state index contributed by atoms with van der Waals surface area (Å²) in [5.74, 6) is 0.575. The van der Waals surface area contributed by atoms with Crippen molar-refractivity contribution in [1.82, 2.24) is 4.98 Å². The second kappa shape index (κ2) is 4.63. The summed E-state index contributed by atoms with van der Waals surface area (Å²) < 4.78 is 8.60. The first kappa shape index (κ1) is 12.7. The van der Waals surface area contributed by atoms with Gasteiger partial charge in [0.05, 0.1) is 14.4 Å². The lowest BCUT2D eigenvalue weighted by Gasteiger charge is -1.93. The number of anilines is 1. The minimum atomic E-state index is 0.575. The van der Waals surface area contributed by atoms with Gasteiger partial charge in [-0.05, 0) is 50.1 Å². The van der Waals surface area contributed by atoms with Crippen LogP contribution in [0.2, 0.25) is 0 Å². The van der Waals surface area contributed by atoms with Crippen molar-refractivity contribution < 1.29 is 4.42 Å². The number of fused-ring (bicyclic) bond motifs is 1. The largest absolute Gasteiger partial charge is 0.433 e. The smallest absolute Gasteiger partial charge is 0.237 e. The van der Waals surface area contributed by atoms with Crippen LogP contribution in [0.25, 0.3) is 21.9 Å². The summed E-state index contributed by atoms with van der Waals surface area (Å²) in [6.45, 7) is 0. The monoisotopic (exact) mass is 450 g/mol. The third kappa shape index (κ3) is 2.13. The molecular formula is C11H5Br3N2OS. The van der Waals surface area contributed by atoms with E-state index in [2.05, 4.69) is 52.8 Å². The van der Waals surface area contributed by atoms with Gasteiger partial charge in [0.2, 0.25) is 5.89 Å². The number of nitrogen functional groups attached to an aromatic ring is 1. The Morgan fingerprint density at radius 1 is 1.17 bits per heavy atom. The lowest BCUT2D eigenvalue weighted by atomic mass is 10.3. The fourth-order valence-electron chi connectivity index (χ4n) is 1.58. The number of benzene rings is 1. The van der Waals surface area contributed by atoms with Crippen LogP contribution in [0.15, 0.2) is 35.3 Å². The van der Waals surface area contributed by atoms with E-state index < -0.39 is 0 Å². The highest BCUT2D eigenvalue weighted by atomic mass is 79.9. The highest BCUT2D eigenvalue weighted by molar-refractivity contribution is 9.13. The van der Waals surface area contributed by atoms with E-state index in [1.54, 1.807) is 17.4 Å². The van der Waals surface area contributed by atoms with E-state index in [-0.39, 0.29) is 0 Å². The summed E-state index contributed by atoms with van der Waals surface area (Å²) in [5.41, 5.74) is 7.85. The lowest BCUT2D eigenvalue weighted by Crippen LogP contribution is -1.84. The molecule has 0 radical (unpaired) electrons. The van der Waals surface area contributed by atoms with Crippen LogP contribution < -0.4 is 5.73 Å². The number of nitrogens with two attached hydrogens (primary N) is 1.